The summed E-state index contributed by atoms with van der Waals surface area (Å²) in [5.74, 6) is -1.72. The Bertz CT molecular complexity index is 1280. The fourth-order valence-corrected chi connectivity index (χ4v) is 4.90. The molecule has 3 aromatic rings. The van der Waals surface area contributed by atoms with E-state index >= 15 is 0 Å². The van der Waals surface area contributed by atoms with Gasteiger partial charge in [-0.3, -0.25) is 24.3 Å². The highest BCUT2D eigenvalue weighted by Crippen LogP contribution is 2.30. The number of rotatable bonds is 6. The van der Waals surface area contributed by atoms with E-state index in [0.29, 0.717) is 34.5 Å². The predicted octanol–water partition coefficient (Wildman–Crippen LogP) is 3.80. The lowest BCUT2D eigenvalue weighted by molar-refractivity contribution is -0.384. The molecule has 0 spiro atoms. The third-order valence-electron chi connectivity index (χ3n) is 4.52. The average molecular weight is 476 g/mol. The normalized spacial score (nSPS) is 12.4. The maximum Gasteiger partial charge on any atom is 0.272 e. The first kappa shape index (κ1) is 22.0. The molecule has 1 aliphatic rings. The maximum absolute atomic E-state index is 13.8. The third kappa shape index (κ3) is 4.50. The number of amides is 1. The highest BCUT2D eigenvalue weighted by molar-refractivity contribution is 8.00. The molecule has 1 N–H and O–H groups in total. The Morgan fingerprint density at radius 2 is 2.00 bits per heavy atom. The van der Waals surface area contributed by atoms with E-state index in [-0.39, 0.29) is 27.8 Å². The molecule has 12 heteroatoms. The van der Waals surface area contributed by atoms with Crippen molar-refractivity contribution in [3.05, 3.63) is 80.3 Å². The van der Waals surface area contributed by atoms with E-state index in [4.69, 9.17) is 0 Å². The van der Waals surface area contributed by atoms with Crippen molar-refractivity contribution in [1.82, 2.24) is 9.55 Å². The van der Waals surface area contributed by atoms with Crippen LogP contribution in [0.5, 0.6) is 0 Å². The number of aromatic nitrogens is 2. The number of nitro benzene ring substituents is 1. The quantitative estimate of drug-likeness (QED) is 0.250. The SMILES string of the molecule is O=C(CSc1nc2c(c(=O)n1-c1ccc([N+](=O)[O-])cc1)SCC2)Nc1ccc(F)cc1F. The molecule has 0 aliphatic carbocycles. The van der Waals surface area contributed by atoms with Crippen LogP contribution in [0.2, 0.25) is 0 Å². The number of hydrogen-bond acceptors (Lipinski definition) is 7. The van der Waals surface area contributed by atoms with Gasteiger partial charge in [0.15, 0.2) is 5.16 Å². The second-order valence-electron chi connectivity index (χ2n) is 6.64. The molecule has 0 unspecified atom stereocenters. The molecular weight excluding hydrogens is 462 g/mol. The molecule has 0 bridgehead atoms. The van der Waals surface area contributed by atoms with Crippen LogP contribution in [0.25, 0.3) is 5.69 Å². The fourth-order valence-electron chi connectivity index (χ4n) is 3.05. The molecule has 0 atom stereocenters. The van der Waals surface area contributed by atoms with Gasteiger partial charge in [0.25, 0.3) is 11.2 Å². The van der Waals surface area contributed by atoms with Gasteiger partial charge in [0.2, 0.25) is 5.91 Å². The van der Waals surface area contributed by atoms with Gasteiger partial charge < -0.3 is 5.32 Å². The summed E-state index contributed by atoms with van der Waals surface area (Å²) in [6.07, 6.45) is 0.608. The number of carbonyl (C=O) groups is 1. The Balaban J connectivity index is 1.61. The Labute approximate surface area is 188 Å². The van der Waals surface area contributed by atoms with Crippen molar-refractivity contribution in [3.8, 4) is 5.69 Å². The zero-order valence-electron chi connectivity index (χ0n) is 16.2. The van der Waals surface area contributed by atoms with Gasteiger partial charge in [-0.25, -0.2) is 13.8 Å². The summed E-state index contributed by atoms with van der Waals surface area (Å²) in [4.78, 5) is 40.8. The second-order valence-corrected chi connectivity index (χ2v) is 8.69. The van der Waals surface area contributed by atoms with Crippen LogP contribution in [0, 0.1) is 21.7 Å². The van der Waals surface area contributed by atoms with Crippen molar-refractivity contribution >= 4 is 40.8 Å². The van der Waals surface area contributed by atoms with Gasteiger partial charge in [0, 0.05) is 30.4 Å². The van der Waals surface area contributed by atoms with Crippen molar-refractivity contribution in [2.45, 2.75) is 16.5 Å². The molecule has 32 heavy (non-hydrogen) atoms. The maximum atomic E-state index is 13.8. The number of fused-ring (bicyclic) bond motifs is 1. The molecule has 2 aromatic carbocycles. The number of aryl methyl sites for hydroxylation is 1. The van der Waals surface area contributed by atoms with Crippen LogP contribution in [-0.2, 0) is 11.2 Å². The summed E-state index contributed by atoms with van der Waals surface area (Å²) >= 11 is 2.35. The molecule has 0 saturated heterocycles. The molecule has 1 aromatic heterocycles. The summed E-state index contributed by atoms with van der Waals surface area (Å²) in [5, 5.41) is 13.5. The number of carbonyl (C=O) groups excluding carboxylic acids is 1. The smallest absolute Gasteiger partial charge is 0.272 e. The van der Waals surface area contributed by atoms with Crippen molar-refractivity contribution < 1.29 is 18.5 Å². The van der Waals surface area contributed by atoms with E-state index in [1.807, 2.05) is 0 Å². The molecule has 8 nitrogen and oxygen atoms in total. The van der Waals surface area contributed by atoms with Crippen LogP contribution in [0.4, 0.5) is 20.2 Å². The Morgan fingerprint density at radius 1 is 1.25 bits per heavy atom. The fraction of sp³-hybridized carbons (Fsp3) is 0.150. The number of nitrogens with one attached hydrogen (secondary N) is 1. The number of non-ortho nitro benzene ring substituents is 1. The average Bonchev–Trinajstić information content (AvgIpc) is 3.23. The minimum Gasteiger partial charge on any atom is -0.323 e. The number of nitrogens with zero attached hydrogens (tertiary/aromatic N) is 3. The molecule has 164 valence electrons. The van der Waals surface area contributed by atoms with Crippen molar-refractivity contribution in [3.63, 3.8) is 0 Å². The molecule has 0 fully saturated rings. The molecule has 1 aliphatic heterocycles. The molecule has 0 radical (unpaired) electrons. The van der Waals surface area contributed by atoms with E-state index < -0.39 is 22.5 Å². The Kier molecular flexibility index (Phi) is 6.24. The summed E-state index contributed by atoms with van der Waals surface area (Å²) < 4.78 is 28.1. The van der Waals surface area contributed by atoms with E-state index in [1.54, 1.807) is 0 Å². The van der Waals surface area contributed by atoms with Crippen molar-refractivity contribution in [2.75, 3.05) is 16.8 Å². The largest absolute Gasteiger partial charge is 0.323 e. The number of halogens is 2. The zero-order valence-corrected chi connectivity index (χ0v) is 17.8. The molecule has 0 saturated carbocycles. The van der Waals surface area contributed by atoms with Gasteiger partial charge >= 0.3 is 0 Å². The first-order valence-corrected chi connectivity index (χ1v) is 11.2. The lowest BCUT2D eigenvalue weighted by atomic mass is 10.2. The summed E-state index contributed by atoms with van der Waals surface area (Å²) in [6, 6.07) is 8.23. The van der Waals surface area contributed by atoms with Crippen molar-refractivity contribution in [1.29, 1.82) is 0 Å². The van der Waals surface area contributed by atoms with E-state index in [9.17, 15) is 28.5 Å². The summed E-state index contributed by atoms with van der Waals surface area (Å²) in [5.41, 5.74) is 0.392. The first-order chi connectivity index (χ1) is 15.3. The number of thioether (sulfide) groups is 2. The Hall–Kier alpha value is -3.25. The minimum atomic E-state index is -0.904. The highest BCUT2D eigenvalue weighted by atomic mass is 32.2. The Morgan fingerprint density at radius 3 is 2.69 bits per heavy atom. The first-order valence-electron chi connectivity index (χ1n) is 9.25. The van der Waals surface area contributed by atoms with Crippen molar-refractivity contribution in [2.24, 2.45) is 0 Å². The number of hydrogen-bond donors (Lipinski definition) is 1. The molecule has 1 amide bonds. The number of benzene rings is 2. The molecule has 4 rings (SSSR count). The van der Waals surface area contributed by atoms with Gasteiger partial charge in [-0.05, 0) is 24.3 Å². The van der Waals surface area contributed by atoms with Crippen LogP contribution in [0.1, 0.15) is 5.69 Å². The van der Waals surface area contributed by atoms with E-state index in [2.05, 4.69) is 10.3 Å². The van der Waals surface area contributed by atoms with E-state index in [1.165, 1.54) is 40.6 Å². The van der Waals surface area contributed by atoms with Crippen LogP contribution < -0.4 is 10.9 Å². The van der Waals surface area contributed by atoms with Crippen LogP contribution >= 0.6 is 23.5 Å². The van der Waals surface area contributed by atoms with Gasteiger partial charge in [-0.2, -0.15) is 0 Å². The minimum absolute atomic E-state index is 0.125. The highest BCUT2D eigenvalue weighted by Gasteiger charge is 2.23. The van der Waals surface area contributed by atoms with Gasteiger partial charge in [0.1, 0.15) is 11.6 Å². The summed E-state index contributed by atoms with van der Waals surface area (Å²) in [6.45, 7) is 0. The zero-order chi connectivity index (χ0) is 22.8. The number of nitro groups is 1. The van der Waals surface area contributed by atoms with E-state index in [0.717, 1.165) is 23.9 Å². The van der Waals surface area contributed by atoms with Crippen LogP contribution in [0.3, 0.4) is 0 Å². The topological polar surface area (TPSA) is 107 Å². The predicted molar refractivity (Wildman–Crippen MR) is 117 cm³/mol. The summed E-state index contributed by atoms with van der Waals surface area (Å²) in [7, 11) is 0. The third-order valence-corrected chi connectivity index (χ3v) is 6.57. The molecular formula is C20H14F2N4O4S2. The van der Waals surface area contributed by atoms with Gasteiger partial charge in [-0.1, -0.05) is 11.8 Å². The van der Waals surface area contributed by atoms with Crippen LogP contribution in [-0.4, -0.2) is 31.9 Å². The monoisotopic (exact) mass is 476 g/mol. The van der Waals surface area contributed by atoms with Crippen LogP contribution in [0.15, 0.2) is 57.3 Å². The number of anilines is 1. The lowest BCUT2D eigenvalue weighted by Crippen LogP contribution is -2.24. The van der Waals surface area contributed by atoms with Gasteiger partial charge in [-0.15, -0.1) is 11.8 Å². The van der Waals surface area contributed by atoms with Gasteiger partial charge in [0.05, 0.1) is 32.6 Å². The second kappa shape index (κ2) is 9.09. The standard InChI is InChI=1S/C20H14F2N4O4S2/c21-11-1-6-15(14(22)9-11)23-17(27)10-32-20-24-16-7-8-31-18(16)19(28)25(20)12-2-4-13(5-3-12)26(29)30/h1-6,9H,7-8,10H2,(H,23,27). The molecule has 2 heterocycles. The lowest BCUT2D eigenvalue weighted by Gasteiger charge is -2.13.